The van der Waals surface area contributed by atoms with Crippen LogP contribution in [-0.2, 0) is 10.0 Å². The predicted molar refractivity (Wildman–Crippen MR) is 104 cm³/mol. The number of hydrogen-bond donors (Lipinski definition) is 1. The van der Waals surface area contributed by atoms with Crippen LogP contribution in [0, 0.1) is 11.3 Å². The highest BCUT2D eigenvalue weighted by atomic mass is 32.2. The van der Waals surface area contributed by atoms with Gasteiger partial charge in [-0.3, -0.25) is 4.72 Å². The first-order valence-electron chi connectivity index (χ1n) is 8.14. The molecule has 8 nitrogen and oxygen atoms in total. The van der Waals surface area contributed by atoms with Crippen LogP contribution in [0.3, 0.4) is 0 Å². The standard InChI is InChI=1S/C18H16N4O4S2/c1-12(2)25-17-6-3-14(11-21-17)26-16-5-4-15(9-13(16)10-19)28(23,24)22-18-20-7-8-27-18/h3-9,11-12H,1-2H3,(H,20,22). The molecule has 0 radical (unpaired) electrons. The molecule has 1 N–H and O–H groups in total. The van der Waals surface area contributed by atoms with E-state index in [1.807, 2.05) is 19.9 Å². The van der Waals surface area contributed by atoms with Crippen molar-refractivity contribution in [2.24, 2.45) is 0 Å². The number of anilines is 1. The molecule has 0 fully saturated rings. The smallest absolute Gasteiger partial charge is 0.263 e. The van der Waals surface area contributed by atoms with Crippen molar-refractivity contribution >= 4 is 26.5 Å². The molecule has 28 heavy (non-hydrogen) atoms. The molecule has 2 heterocycles. The zero-order valence-corrected chi connectivity index (χ0v) is 16.6. The van der Waals surface area contributed by atoms with E-state index in [1.165, 1.54) is 30.6 Å². The molecular formula is C18H16N4O4S2. The lowest BCUT2D eigenvalue weighted by atomic mass is 10.2. The number of benzene rings is 1. The molecule has 10 heteroatoms. The second-order valence-electron chi connectivity index (χ2n) is 5.81. The fourth-order valence-electron chi connectivity index (χ4n) is 2.17. The largest absolute Gasteiger partial charge is 0.475 e. The molecule has 0 amide bonds. The van der Waals surface area contributed by atoms with Gasteiger partial charge < -0.3 is 9.47 Å². The number of ether oxygens (including phenoxy) is 2. The molecule has 144 valence electrons. The van der Waals surface area contributed by atoms with Crippen LogP contribution in [0.2, 0.25) is 0 Å². The summed E-state index contributed by atoms with van der Waals surface area (Å²) in [5, 5.41) is 11.3. The number of thiazole rings is 1. The predicted octanol–water partition coefficient (Wildman–Crippen LogP) is 3.79. The minimum atomic E-state index is -3.86. The Kier molecular flexibility index (Phi) is 5.77. The van der Waals surface area contributed by atoms with Crippen molar-refractivity contribution in [2.75, 3.05) is 4.72 Å². The van der Waals surface area contributed by atoms with Crippen molar-refractivity contribution < 1.29 is 17.9 Å². The van der Waals surface area contributed by atoms with E-state index in [2.05, 4.69) is 14.7 Å². The third-order valence-corrected chi connectivity index (χ3v) is 5.48. The number of nitrogens with zero attached hydrogens (tertiary/aromatic N) is 3. The van der Waals surface area contributed by atoms with Crippen LogP contribution < -0.4 is 14.2 Å². The SMILES string of the molecule is CC(C)Oc1ccc(Oc2ccc(S(=O)(=O)Nc3nccs3)cc2C#N)cn1. The minimum Gasteiger partial charge on any atom is -0.475 e. The molecule has 0 bridgehead atoms. The lowest BCUT2D eigenvalue weighted by molar-refractivity contribution is 0.232. The minimum absolute atomic E-state index is 0.00283. The summed E-state index contributed by atoms with van der Waals surface area (Å²) in [5.41, 5.74) is 0.0736. The van der Waals surface area contributed by atoms with Gasteiger partial charge in [-0.1, -0.05) is 0 Å². The molecule has 0 saturated carbocycles. The van der Waals surface area contributed by atoms with Crippen molar-refractivity contribution in [3.05, 3.63) is 53.7 Å². The highest BCUT2D eigenvalue weighted by Crippen LogP contribution is 2.28. The van der Waals surface area contributed by atoms with Crippen molar-refractivity contribution in [1.29, 1.82) is 5.26 Å². The molecular weight excluding hydrogens is 400 g/mol. The van der Waals surface area contributed by atoms with E-state index in [4.69, 9.17) is 9.47 Å². The van der Waals surface area contributed by atoms with Crippen LogP contribution in [0.4, 0.5) is 5.13 Å². The van der Waals surface area contributed by atoms with Gasteiger partial charge in [0.2, 0.25) is 5.88 Å². The van der Waals surface area contributed by atoms with Crippen LogP contribution in [0.5, 0.6) is 17.4 Å². The Morgan fingerprint density at radius 3 is 2.64 bits per heavy atom. The fraction of sp³-hybridized carbons (Fsp3) is 0.167. The third kappa shape index (κ3) is 4.76. The van der Waals surface area contributed by atoms with Crippen molar-refractivity contribution in [3.8, 4) is 23.4 Å². The number of nitrogens with one attached hydrogen (secondary N) is 1. The third-order valence-electron chi connectivity index (χ3n) is 3.33. The maximum Gasteiger partial charge on any atom is 0.263 e. The lowest BCUT2D eigenvalue weighted by Gasteiger charge is -2.11. The topological polar surface area (TPSA) is 114 Å². The normalized spacial score (nSPS) is 11.1. The molecule has 0 unspecified atom stereocenters. The van der Waals surface area contributed by atoms with Crippen LogP contribution in [0.15, 0.2) is 53.0 Å². The Morgan fingerprint density at radius 2 is 2.04 bits per heavy atom. The van der Waals surface area contributed by atoms with Gasteiger partial charge in [0.25, 0.3) is 10.0 Å². The monoisotopic (exact) mass is 416 g/mol. The van der Waals surface area contributed by atoms with Crippen molar-refractivity contribution in [3.63, 3.8) is 0 Å². The van der Waals surface area contributed by atoms with Gasteiger partial charge in [-0.05, 0) is 38.1 Å². The fourth-order valence-corrected chi connectivity index (χ4v) is 3.98. The average Bonchev–Trinajstić information content (AvgIpc) is 3.15. The number of sulfonamides is 1. The number of hydrogen-bond acceptors (Lipinski definition) is 8. The molecule has 0 aliphatic rings. The second kappa shape index (κ2) is 8.24. The maximum atomic E-state index is 12.4. The van der Waals surface area contributed by atoms with E-state index >= 15 is 0 Å². The van der Waals surface area contributed by atoms with Crippen molar-refractivity contribution in [1.82, 2.24) is 9.97 Å². The van der Waals surface area contributed by atoms with E-state index in [-0.39, 0.29) is 27.4 Å². The summed E-state index contributed by atoms with van der Waals surface area (Å²) >= 11 is 1.16. The number of aromatic nitrogens is 2. The molecule has 3 rings (SSSR count). The Bertz CT molecular complexity index is 1090. The van der Waals surface area contributed by atoms with Crippen LogP contribution in [0.1, 0.15) is 19.4 Å². The highest BCUT2D eigenvalue weighted by molar-refractivity contribution is 7.93. The van der Waals surface area contributed by atoms with Crippen molar-refractivity contribution in [2.45, 2.75) is 24.8 Å². The van der Waals surface area contributed by atoms with Gasteiger partial charge in [-0.15, -0.1) is 11.3 Å². The Labute approximate surface area is 166 Å². The van der Waals surface area contributed by atoms with E-state index < -0.39 is 10.0 Å². The van der Waals surface area contributed by atoms with Crippen LogP contribution >= 0.6 is 11.3 Å². The highest BCUT2D eigenvalue weighted by Gasteiger charge is 2.18. The average molecular weight is 416 g/mol. The van der Waals surface area contributed by atoms with Crippen LogP contribution in [-0.4, -0.2) is 24.5 Å². The van der Waals surface area contributed by atoms with E-state index in [0.29, 0.717) is 11.6 Å². The summed E-state index contributed by atoms with van der Waals surface area (Å²) < 4.78 is 38.4. The summed E-state index contributed by atoms with van der Waals surface area (Å²) in [6, 6.07) is 9.28. The van der Waals surface area contributed by atoms with Gasteiger partial charge in [-0.25, -0.2) is 18.4 Å². The summed E-state index contributed by atoms with van der Waals surface area (Å²) in [4.78, 5) is 7.95. The van der Waals surface area contributed by atoms with Gasteiger partial charge in [0.1, 0.15) is 17.6 Å². The summed E-state index contributed by atoms with van der Waals surface area (Å²) in [6.07, 6.45) is 2.95. The van der Waals surface area contributed by atoms with E-state index in [1.54, 1.807) is 17.5 Å². The Balaban J connectivity index is 1.81. The zero-order chi connectivity index (χ0) is 20.1. The number of rotatable bonds is 7. The molecule has 0 aliphatic carbocycles. The summed E-state index contributed by atoms with van der Waals surface area (Å²) in [6.45, 7) is 3.79. The Hall–Kier alpha value is -3.16. The van der Waals surface area contributed by atoms with Gasteiger partial charge in [-0.2, -0.15) is 5.26 Å². The molecule has 1 aromatic carbocycles. The maximum absolute atomic E-state index is 12.4. The zero-order valence-electron chi connectivity index (χ0n) is 15.0. The first-order valence-corrected chi connectivity index (χ1v) is 10.5. The first kappa shape index (κ1) is 19.6. The second-order valence-corrected chi connectivity index (χ2v) is 8.39. The van der Waals surface area contributed by atoms with Gasteiger partial charge in [0.15, 0.2) is 5.13 Å². The van der Waals surface area contributed by atoms with Gasteiger partial charge in [0, 0.05) is 17.6 Å². The van der Waals surface area contributed by atoms with Crippen LogP contribution in [0.25, 0.3) is 0 Å². The molecule has 2 aromatic heterocycles. The number of nitriles is 1. The summed E-state index contributed by atoms with van der Waals surface area (Å²) in [7, 11) is -3.86. The van der Waals surface area contributed by atoms with Gasteiger partial charge >= 0.3 is 0 Å². The van der Waals surface area contributed by atoms with Gasteiger partial charge in [0.05, 0.1) is 22.8 Å². The molecule has 0 spiro atoms. The molecule has 0 atom stereocenters. The first-order chi connectivity index (χ1) is 13.4. The lowest BCUT2D eigenvalue weighted by Crippen LogP contribution is -2.13. The molecule has 0 aliphatic heterocycles. The summed E-state index contributed by atoms with van der Waals surface area (Å²) in [5.74, 6) is 1.07. The number of pyridine rings is 1. The molecule has 3 aromatic rings. The van der Waals surface area contributed by atoms with E-state index in [0.717, 1.165) is 11.3 Å². The molecule has 0 saturated heterocycles. The quantitative estimate of drug-likeness (QED) is 0.623. The Morgan fingerprint density at radius 1 is 1.21 bits per heavy atom. The van der Waals surface area contributed by atoms with E-state index in [9.17, 15) is 13.7 Å².